The molecule has 0 aliphatic carbocycles. The highest BCUT2D eigenvalue weighted by molar-refractivity contribution is 5.85. The van der Waals surface area contributed by atoms with E-state index in [1.54, 1.807) is 0 Å². The van der Waals surface area contributed by atoms with Crippen LogP contribution in [0.4, 0.5) is 0 Å². The van der Waals surface area contributed by atoms with E-state index >= 15 is 0 Å². The first kappa shape index (κ1) is 10.5. The SMILES string of the molecule is Cl.O[C@@H]1CN[C@H](c2ccccc2)C1. The monoisotopic (exact) mass is 199 g/mol. The van der Waals surface area contributed by atoms with Gasteiger partial charge >= 0.3 is 0 Å². The lowest BCUT2D eigenvalue weighted by atomic mass is 10.1. The molecule has 0 aromatic heterocycles. The highest BCUT2D eigenvalue weighted by Crippen LogP contribution is 2.22. The summed E-state index contributed by atoms with van der Waals surface area (Å²) >= 11 is 0. The Kier molecular flexibility index (Phi) is 3.72. The normalized spacial score (nSPS) is 26.8. The maximum absolute atomic E-state index is 9.30. The predicted octanol–water partition coefficient (Wildman–Crippen LogP) is 1.50. The van der Waals surface area contributed by atoms with E-state index in [0.29, 0.717) is 6.04 Å². The lowest BCUT2D eigenvalue weighted by Crippen LogP contribution is -2.14. The fourth-order valence-corrected chi connectivity index (χ4v) is 1.66. The standard InChI is InChI=1S/C10H13NO.ClH/c12-9-6-10(11-7-9)8-4-2-1-3-5-8;/h1-5,9-12H,6-7H2;1H/t9-,10-;/m0./s1. The van der Waals surface area contributed by atoms with E-state index in [9.17, 15) is 5.11 Å². The Bertz CT molecular complexity index is 252. The van der Waals surface area contributed by atoms with Gasteiger partial charge < -0.3 is 10.4 Å². The van der Waals surface area contributed by atoms with E-state index in [4.69, 9.17) is 0 Å². The third kappa shape index (κ3) is 2.44. The summed E-state index contributed by atoms with van der Waals surface area (Å²) in [6.45, 7) is 0.722. The highest BCUT2D eigenvalue weighted by atomic mass is 35.5. The number of β-amino-alcohol motifs (C(OH)–C–C–N with tert-alkyl or cyclic N) is 1. The van der Waals surface area contributed by atoms with Gasteiger partial charge in [0.15, 0.2) is 0 Å². The lowest BCUT2D eigenvalue weighted by molar-refractivity contribution is 0.193. The average molecular weight is 200 g/mol. The van der Waals surface area contributed by atoms with Crippen molar-refractivity contribution in [3.63, 3.8) is 0 Å². The molecule has 1 aromatic carbocycles. The van der Waals surface area contributed by atoms with Crippen LogP contribution in [-0.2, 0) is 0 Å². The van der Waals surface area contributed by atoms with Gasteiger partial charge in [0.25, 0.3) is 0 Å². The van der Waals surface area contributed by atoms with E-state index < -0.39 is 0 Å². The smallest absolute Gasteiger partial charge is 0.0682 e. The molecule has 1 aliphatic heterocycles. The second-order valence-corrected chi connectivity index (χ2v) is 3.26. The molecule has 0 bridgehead atoms. The first-order chi connectivity index (χ1) is 5.86. The number of benzene rings is 1. The molecule has 3 heteroatoms. The molecule has 2 atom stereocenters. The van der Waals surface area contributed by atoms with Crippen LogP contribution in [0.3, 0.4) is 0 Å². The summed E-state index contributed by atoms with van der Waals surface area (Å²) in [5, 5.41) is 12.6. The van der Waals surface area contributed by atoms with Gasteiger partial charge in [0.1, 0.15) is 0 Å². The van der Waals surface area contributed by atoms with E-state index in [-0.39, 0.29) is 18.5 Å². The van der Waals surface area contributed by atoms with Crippen LogP contribution in [0, 0.1) is 0 Å². The number of halogens is 1. The van der Waals surface area contributed by atoms with Crippen LogP contribution in [-0.4, -0.2) is 17.8 Å². The zero-order valence-corrected chi connectivity index (χ0v) is 8.13. The van der Waals surface area contributed by atoms with Crippen LogP contribution >= 0.6 is 12.4 Å². The van der Waals surface area contributed by atoms with E-state index in [1.165, 1.54) is 5.56 Å². The quantitative estimate of drug-likeness (QED) is 0.719. The summed E-state index contributed by atoms with van der Waals surface area (Å²) in [6.07, 6.45) is 0.666. The van der Waals surface area contributed by atoms with E-state index in [0.717, 1.165) is 13.0 Å². The van der Waals surface area contributed by atoms with Crippen LogP contribution in [0.15, 0.2) is 30.3 Å². The van der Waals surface area contributed by atoms with Gasteiger partial charge in [-0.2, -0.15) is 0 Å². The van der Waals surface area contributed by atoms with Crippen LogP contribution in [0.5, 0.6) is 0 Å². The first-order valence-corrected chi connectivity index (χ1v) is 4.32. The number of hydrogen-bond donors (Lipinski definition) is 2. The summed E-state index contributed by atoms with van der Waals surface area (Å²) in [5.41, 5.74) is 1.27. The molecule has 1 aliphatic rings. The van der Waals surface area contributed by atoms with E-state index in [1.807, 2.05) is 18.2 Å². The molecular formula is C10H14ClNO. The first-order valence-electron chi connectivity index (χ1n) is 4.32. The number of aliphatic hydroxyl groups is 1. The molecule has 2 nitrogen and oxygen atoms in total. The van der Waals surface area contributed by atoms with Crippen LogP contribution in [0.1, 0.15) is 18.0 Å². The molecule has 0 spiro atoms. The minimum Gasteiger partial charge on any atom is -0.392 e. The van der Waals surface area contributed by atoms with Gasteiger partial charge in [0.05, 0.1) is 6.10 Å². The van der Waals surface area contributed by atoms with E-state index in [2.05, 4.69) is 17.4 Å². The second kappa shape index (κ2) is 4.61. The lowest BCUT2D eigenvalue weighted by Gasteiger charge is -2.08. The summed E-state index contributed by atoms with van der Waals surface area (Å²) in [6, 6.07) is 10.6. The molecule has 72 valence electrons. The summed E-state index contributed by atoms with van der Waals surface area (Å²) in [7, 11) is 0. The minimum atomic E-state index is -0.171. The Morgan fingerprint density at radius 3 is 2.46 bits per heavy atom. The Hall–Kier alpha value is -0.570. The fourth-order valence-electron chi connectivity index (χ4n) is 1.66. The molecule has 1 saturated heterocycles. The van der Waals surface area contributed by atoms with Crippen molar-refractivity contribution in [2.45, 2.75) is 18.6 Å². The topological polar surface area (TPSA) is 32.3 Å². The van der Waals surface area contributed by atoms with Crippen molar-refractivity contribution in [1.29, 1.82) is 0 Å². The van der Waals surface area contributed by atoms with Crippen LogP contribution < -0.4 is 5.32 Å². The van der Waals surface area contributed by atoms with Gasteiger partial charge in [-0.25, -0.2) is 0 Å². The summed E-state index contributed by atoms with van der Waals surface area (Å²) in [4.78, 5) is 0. The van der Waals surface area contributed by atoms with Gasteiger partial charge in [-0.05, 0) is 12.0 Å². The number of hydrogen-bond acceptors (Lipinski definition) is 2. The van der Waals surface area contributed by atoms with Crippen molar-refractivity contribution >= 4 is 12.4 Å². The van der Waals surface area contributed by atoms with Gasteiger partial charge in [-0.15, -0.1) is 12.4 Å². The number of aliphatic hydroxyl groups excluding tert-OH is 1. The van der Waals surface area contributed by atoms with Crippen molar-refractivity contribution < 1.29 is 5.11 Å². The number of nitrogens with one attached hydrogen (secondary N) is 1. The summed E-state index contributed by atoms with van der Waals surface area (Å²) < 4.78 is 0. The fraction of sp³-hybridized carbons (Fsp3) is 0.400. The molecule has 1 aromatic rings. The number of rotatable bonds is 1. The molecule has 13 heavy (non-hydrogen) atoms. The van der Waals surface area contributed by atoms with Crippen LogP contribution in [0.2, 0.25) is 0 Å². The summed E-state index contributed by atoms with van der Waals surface area (Å²) in [5.74, 6) is 0. The Morgan fingerprint density at radius 2 is 1.92 bits per heavy atom. The van der Waals surface area contributed by atoms with Gasteiger partial charge in [-0.3, -0.25) is 0 Å². The zero-order chi connectivity index (χ0) is 8.39. The van der Waals surface area contributed by atoms with Gasteiger partial charge in [-0.1, -0.05) is 30.3 Å². The van der Waals surface area contributed by atoms with Gasteiger partial charge in [0.2, 0.25) is 0 Å². The van der Waals surface area contributed by atoms with Crippen molar-refractivity contribution in [2.75, 3.05) is 6.54 Å². The minimum absolute atomic E-state index is 0. The van der Waals surface area contributed by atoms with Crippen molar-refractivity contribution in [3.05, 3.63) is 35.9 Å². The average Bonchev–Trinajstić information content (AvgIpc) is 2.54. The van der Waals surface area contributed by atoms with Crippen LogP contribution in [0.25, 0.3) is 0 Å². The molecule has 2 rings (SSSR count). The maximum atomic E-state index is 9.30. The molecule has 0 unspecified atom stereocenters. The molecule has 0 radical (unpaired) electrons. The third-order valence-corrected chi connectivity index (χ3v) is 2.31. The molecule has 1 heterocycles. The maximum Gasteiger partial charge on any atom is 0.0682 e. The molecule has 1 fully saturated rings. The highest BCUT2D eigenvalue weighted by Gasteiger charge is 2.22. The second-order valence-electron chi connectivity index (χ2n) is 3.26. The molecule has 0 saturated carbocycles. The molecule has 2 N–H and O–H groups in total. The van der Waals surface area contributed by atoms with Crippen molar-refractivity contribution in [3.8, 4) is 0 Å². The zero-order valence-electron chi connectivity index (χ0n) is 7.31. The largest absolute Gasteiger partial charge is 0.392 e. The van der Waals surface area contributed by atoms with Crippen molar-refractivity contribution in [1.82, 2.24) is 5.32 Å². The Labute approximate surface area is 84.4 Å². The molecule has 0 amide bonds. The van der Waals surface area contributed by atoms with Gasteiger partial charge in [0, 0.05) is 12.6 Å². The Balaban J connectivity index is 0.000000845. The molecular weight excluding hydrogens is 186 g/mol. The Morgan fingerprint density at radius 1 is 1.23 bits per heavy atom. The predicted molar refractivity (Wildman–Crippen MR) is 55.1 cm³/mol. The third-order valence-electron chi connectivity index (χ3n) is 2.31. The van der Waals surface area contributed by atoms with Crippen molar-refractivity contribution in [2.24, 2.45) is 0 Å².